The average Bonchev–Trinajstić information content (AvgIpc) is 2.64. The molecular weight excluding hydrogens is 224 g/mol. The molecule has 4 nitrogen and oxygen atoms in total. The molecule has 0 spiro atoms. The minimum absolute atomic E-state index is 0.153. The van der Waals surface area contributed by atoms with Gasteiger partial charge in [0.1, 0.15) is 5.04 Å². The van der Waals surface area contributed by atoms with Gasteiger partial charge in [0.05, 0.1) is 16.5 Å². The molecule has 2 rings (SSSR count). The number of nitrogens with zero attached hydrogens (tertiary/aromatic N) is 2. The van der Waals surface area contributed by atoms with Crippen LogP contribution in [0.15, 0.2) is 23.2 Å². The highest BCUT2D eigenvalue weighted by Crippen LogP contribution is 2.29. The van der Waals surface area contributed by atoms with Crippen LogP contribution >= 0.6 is 11.8 Å². The van der Waals surface area contributed by atoms with Crippen LogP contribution in [-0.2, 0) is 0 Å². The fourth-order valence-corrected chi connectivity index (χ4v) is 2.65. The summed E-state index contributed by atoms with van der Waals surface area (Å²) in [6.45, 7) is 3.86. The standard InChI is InChI=1S/C11H12N2O2S/c1-7-3-4-9(10(5-7)13(14)15)11-12-8(2)6-16-11/h3-5,8H,6H2,1-2H3. The molecule has 0 saturated carbocycles. The lowest BCUT2D eigenvalue weighted by Gasteiger charge is -2.02. The Morgan fingerprint density at radius 3 is 2.88 bits per heavy atom. The number of benzene rings is 1. The lowest BCUT2D eigenvalue weighted by molar-refractivity contribution is -0.385. The summed E-state index contributed by atoms with van der Waals surface area (Å²) in [6, 6.07) is 5.52. The van der Waals surface area contributed by atoms with Gasteiger partial charge in [-0.2, -0.15) is 0 Å². The number of aryl methyl sites for hydroxylation is 1. The first-order valence-electron chi connectivity index (χ1n) is 5.04. The first-order valence-corrected chi connectivity index (χ1v) is 6.02. The van der Waals surface area contributed by atoms with Gasteiger partial charge in [-0.05, 0) is 25.5 Å². The molecule has 1 aromatic carbocycles. The Morgan fingerprint density at radius 1 is 1.56 bits per heavy atom. The van der Waals surface area contributed by atoms with Crippen LogP contribution in [0.25, 0.3) is 0 Å². The molecule has 0 aliphatic carbocycles. The summed E-state index contributed by atoms with van der Waals surface area (Å²) in [4.78, 5) is 15.0. The van der Waals surface area contributed by atoms with Crippen molar-refractivity contribution < 1.29 is 4.92 Å². The monoisotopic (exact) mass is 236 g/mol. The third-order valence-electron chi connectivity index (χ3n) is 2.38. The molecule has 1 aliphatic heterocycles. The lowest BCUT2D eigenvalue weighted by Crippen LogP contribution is -2.00. The molecule has 0 radical (unpaired) electrons. The third kappa shape index (κ3) is 2.09. The van der Waals surface area contributed by atoms with E-state index in [9.17, 15) is 10.1 Å². The second-order valence-corrected chi connectivity index (χ2v) is 4.88. The highest BCUT2D eigenvalue weighted by Gasteiger charge is 2.23. The van der Waals surface area contributed by atoms with Gasteiger partial charge in [0, 0.05) is 11.8 Å². The van der Waals surface area contributed by atoms with Gasteiger partial charge >= 0.3 is 0 Å². The Hall–Kier alpha value is -1.36. The summed E-state index contributed by atoms with van der Waals surface area (Å²) < 4.78 is 0. The topological polar surface area (TPSA) is 55.5 Å². The molecule has 0 saturated heterocycles. The van der Waals surface area contributed by atoms with Crippen molar-refractivity contribution in [1.29, 1.82) is 0 Å². The van der Waals surface area contributed by atoms with Gasteiger partial charge in [0.2, 0.25) is 0 Å². The molecule has 1 aliphatic rings. The van der Waals surface area contributed by atoms with E-state index in [0.717, 1.165) is 16.4 Å². The van der Waals surface area contributed by atoms with Crippen LogP contribution in [0.5, 0.6) is 0 Å². The minimum atomic E-state index is -0.339. The number of aliphatic imine (C=N–C) groups is 1. The molecule has 1 unspecified atom stereocenters. The number of nitro groups is 1. The van der Waals surface area contributed by atoms with Crippen molar-refractivity contribution in [1.82, 2.24) is 0 Å². The molecule has 84 valence electrons. The second kappa shape index (κ2) is 4.25. The van der Waals surface area contributed by atoms with Crippen LogP contribution in [0.3, 0.4) is 0 Å². The van der Waals surface area contributed by atoms with Gasteiger partial charge in [-0.15, -0.1) is 11.8 Å². The van der Waals surface area contributed by atoms with Crippen molar-refractivity contribution in [2.24, 2.45) is 4.99 Å². The summed E-state index contributed by atoms with van der Waals surface area (Å²) >= 11 is 1.59. The molecule has 0 amide bonds. The maximum atomic E-state index is 11.0. The first kappa shape index (κ1) is 11.1. The third-order valence-corrected chi connectivity index (χ3v) is 3.63. The highest BCUT2D eigenvalue weighted by atomic mass is 32.2. The van der Waals surface area contributed by atoms with E-state index in [1.54, 1.807) is 23.9 Å². The number of nitro benzene ring substituents is 1. The number of hydrogen-bond acceptors (Lipinski definition) is 4. The van der Waals surface area contributed by atoms with Crippen molar-refractivity contribution in [3.8, 4) is 0 Å². The summed E-state index contributed by atoms with van der Waals surface area (Å²) in [7, 11) is 0. The van der Waals surface area contributed by atoms with E-state index in [0.29, 0.717) is 5.56 Å². The number of hydrogen-bond donors (Lipinski definition) is 0. The van der Waals surface area contributed by atoms with Crippen molar-refractivity contribution >= 4 is 22.5 Å². The highest BCUT2D eigenvalue weighted by molar-refractivity contribution is 8.14. The molecule has 0 bridgehead atoms. The molecule has 1 aromatic rings. The fourth-order valence-electron chi connectivity index (χ4n) is 1.60. The van der Waals surface area contributed by atoms with Crippen LogP contribution in [0.2, 0.25) is 0 Å². The zero-order valence-electron chi connectivity index (χ0n) is 9.14. The average molecular weight is 236 g/mol. The van der Waals surface area contributed by atoms with E-state index in [2.05, 4.69) is 4.99 Å². The van der Waals surface area contributed by atoms with E-state index >= 15 is 0 Å². The van der Waals surface area contributed by atoms with Crippen molar-refractivity contribution in [2.75, 3.05) is 5.75 Å². The van der Waals surface area contributed by atoms with Crippen molar-refractivity contribution in [2.45, 2.75) is 19.9 Å². The molecule has 1 atom stereocenters. The molecule has 0 N–H and O–H groups in total. The smallest absolute Gasteiger partial charge is 0.274 e. The summed E-state index contributed by atoms with van der Waals surface area (Å²) in [6.07, 6.45) is 0. The molecular formula is C11H12N2O2S. The van der Waals surface area contributed by atoms with E-state index in [-0.39, 0.29) is 16.7 Å². The van der Waals surface area contributed by atoms with E-state index in [1.807, 2.05) is 19.9 Å². The summed E-state index contributed by atoms with van der Waals surface area (Å²) in [5.74, 6) is 0.903. The van der Waals surface area contributed by atoms with Gasteiger partial charge in [0.25, 0.3) is 5.69 Å². The van der Waals surface area contributed by atoms with Crippen molar-refractivity contribution in [3.05, 3.63) is 39.4 Å². The van der Waals surface area contributed by atoms with E-state index < -0.39 is 0 Å². The number of thioether (sulfide) groups is 1. The van der Waals surface area contributed by atoms with Crippen LogP contribution in [0.4, 0.5) is 5.69 Å². The normalized spacial score (nSPS) is 19.6. The van der Waals surface area contributed by atoms with Gasteiger partial charge < -0.3 is 0 Å². The molecule has 16 heavy (non-hydrogen) atoms. The van der Waals surface area contributed by atoms with Gasteiger partial charge in [-0.25, -0.2) is 0 Å². The molecule has 5 heteroatoms. The zero-order valence-corrected chi connectivity index (χ0v) is 9.95. The predicted molar refractivity (Wildman–Crippen MR) is 66.3 cm³/mol. The molecule has 0 aromatic heterocycles. The SMILES string of the molecule is Cc1ccc(C2=NC(C)CS2)c([N+](=O)[O-])c1. The van der Waals surface area contributed by atoms with Gasteiger partial charge in [0.15, 0.2) is 0 Å². The van der Waals surface area contributed by atoms with Gasteiger partial charge in [-0.3, -0.25) is 15.1 Å². The lowest BCUT2D eigenvalue weighted by atomic mass is 10.1. The van der Waals surface area contributed by atoms with Crippen LogP contribution in [0.1, 0.15) is 18.1 Å². The Kier molecular flexibility index (Phi) is 2.96. The maximum absolute atomic E-state index is 11.0. The summed E-state index contributed by atoms with van der Waals surface area (Å²) in [5, 5.41) is 11.7. The maximum Gasteiger partial charge on any atom is 0.279 e. The molecule has 1 heterocycles. The van der Waals surface area contributed by atoms with Crippen LogP contribution < -0.4 is 0 Å². The van der Waals surface area contributed by atoms with E-state index in [1.165, 1.54) is 0 Å². The fraction of sp³-hybridized carbons (Fsp3) is 0.364. The zero-order chi connectivity index (χ0) is 11.7. The number of rotatable bonds is 2. The van der Waals surface area contributed by atoms with Gasteiger partial charge in [-0.1, -0.05) is 6.07 Å². The minimum Gasteiger partial charge on any atom is -0.274 e. The second-order valence-electron chi connectivity index (χ2n) is 3.87. The van der Waals surface area contributed by atoms with Crippen molar-refractivity contribution in [3.63, 3.8) is 0 Å². The predicted octanol–water partition coefficient (Wildman–Crippen LogP) is 2.79. The largest absolute Gasteiger partial charge is 0.279 e. The Morgan fingerprint density at radius 2 is 2.31 bits per heavy atom. The Bertz CT molecular complexity index is 471. The molecule has 0 fully saturated rings. The van der Waals surface area contributed by atoms with E-state index in [4.69, 9.17) is 0 Å². The van der Waals surface area contributed by atoms with Crippen LogP contribution in [-0.4, -0.2) is 21.8 Å². The summed E-state index contributed by atoms with van der Waals surface area (Å²) in [5.41, 5.74) is 1.69. The quantitative estimate of drug-likeness (QED) is 0.586. The first-order chi connectivity index (χ1) is 7.58. The Balaban J connectivity index is 2.48. The Labute approximate surface area is 97.9 Å². The van der Waals surface area contributed by atoms with Crippen LogP contribution in [0, 0.1) is 17.0 Å².